The lowest BCUT2D eigenvalue weighted by atomic mass is 9.91. The molecule has 0 N–H and O–H groups in total. The third-order valence-corrected chi connectivity index (χ3v) is 8.58. The molecule has 0 aliphatic heterocycles. The second kappa shape index (κ2) is 9.86. The highest BCUT2D eigenvalue weighted by Crippen LogP contribution is 2.43. The highest BCUT2D eigenvalue weighted by molar-refractivity contribution is 7.97. The monoisotopic (exact) mass is 469 g/mol. The summed E-state index contributed by atoms with van der Waals surface area (Å²) in [5.74, 6) is -0.622. The third-order valence-electron chi connectivity index (χ3n) is 6.35. The molecule has 4 aromatic carbocycles. The molecule has 0 atom stereocenters. The molecular weight excluding hydrogens is 443 g/mol. The van der Waals surface area contributed by atoms with Crippen LogP contribution in [0.1, 0.15) is 41.6 Å². The predicted molar refractivity (Wildman–Crippen MR) is 133 cm³/mol. The Morgan fingerprint density at radius 3 is 1.71 bits per heavy atom. The van der Waals surface area contributed by atoms with Crippen LogP contribution < -0.4 is 0 Å². The van der Waals surface area contributed by atoms with Crippen LogP contribution in [0.2, 0.25) is 0 Å². The van der Waals surface area contributed by atoms with Gasteiger partial charge in [0.05, 0.1) is 16.5 Å². The summed E-state index contributed by atoms with van der Waals surface area (Å²) in [7, 11) is -0.268. The maximum Gasteiger partial charge on any atom is 0.339 e. The van der Waals surface area contributed by atoms with Gasteiger partial charge in [0.25, 0.3) is 0 Å². The van der Waals surface area contributed by atoms with Crippen LogP contribution in [0.25, 0.3) is 0 Å². The van der Waals surface area contributed by atoms with Gasteiger partial charge in [-0.3, -0.25) is 0 Å². The Morgan fingerprint density at radius 2 is 1.18 bits per heavy atom. The SMILES string of the molecule is O=C(OC1(c2ccc(F)cc2)CCCC1)c1ccc([S+](c2ccccc2)c2ccccc2)cc1. The van der Waals surface area contributed by atoms with Crippen molar-refractivity contribution in [1.29, 1.82) is 0 Å². The van der Waals surface area contributed by atoms with Crippen molar-refractivity contribution in [2.75, 3.05) is 0 Å². The van der Waals surface area contributed by atoms with Crippen LogP contribution in [-0.2, 0) is 21.2 Å². The van der Waals surface area contributed by atoms with Gasteiger partial charge in [0.1, 0.15) is 11.4 Å². The van der Waals surface area contributed by atoms with E-state index in [-0.39, 0.29) is 22.7 Å². The smallest absolute Gasteiger partial charge is 0.339 e. The van der Waals surface area contributed by atoms with Gasteiger partial charge < -0.3 is 4.74 Å². The van der Waals surface area contributed by atoms with Crippen molar-refractivity contribution in [2.45, 2.75) is 46.0 Å². The standard InChI is InChI=1S/C30H26FO2S/c31-25-17-15-24(16-18-25)30(21-7-8-22-30)33-29(32)23-13-19-28(20-14-23)34(26-9-3-1-4-10-26)27-11-5-2-6-12-27/h1-6,9-20H,7-8,21-22H2/q+1. The molecule has 2 nitrogen and oxygen atoms in total. The molecule has 1 aliphatic rings. The van der Waals surface area contributed by atoms with E-state index in [1.54, 1.807) is 12.1 Å². The Balaban J connectivity index is 1.41. The number of carbonyl (C=O) groups is 1. The highest BCUT2D eigenvalue weighted by Gasteiger charge is 2.40. The first-order valence-electron chi connectivity index (χ1n) is 11.6. The molecule has 5 rings (SSSR count). The molecule has 1 saturated carbocycles. The van der Waals surface area contributed by atoms with E-state index in [2.05, 4.69) is 48.5 Å². The maximum absolute atomic E-state index is 13.5. The third kappa shape index (κ3) is 4.64. The molecule has 0 amide bonds. The first kappa shape index (κ1) is 22.4. The van der Waals surface area contributed by atoms with Crippen molar-refractivity contribution in [3.05, 3.63) is 126 Å². The minimum absolute atomic E-state index is 0.268. The fourth-order valence-electron chi connectivity index (χ4n) is 4.63. The molecule has 4 aromatic rings. The Morgan fingerprint density at radius 1 is 0.676 bits per heavy atom. The van der Waals surface area contributed by atoms with Gasteiger partial charge in [-0.1, -0.05) is 48.5 Å². The van der Waals surface area contributed by atoms with E-state index in [9.17, 15) is 9.18 Å². The van der Waals surface area contributed by atoms with E-state index in [1.807, 2.05) is 36.4 Å². The summed E-state index contributed by atoms with van der Waals surface area (Å²) in [6.45, 7) is 0. The molecule has 0 aromatic heterocycles. The van der Waals surface area contributed by atoms with Gasteiger partial charge in [0.2, 0.25) is 0 Å². The summed E-state index contributed by atoms with van der Waals surface area (Å²) in [6, 6.07) is 35.0. The average Bonchev–Trinajstić information content (AvgIpc) is 3.36. The number of esters is 1. The molecule has 1 aliphatic carbocycles. The van der Waals surface area contributed by atoms with E-state index in [1.165, 1.54) is 21.9 Å². The van der Waals surface area contributed by atoms with Crippen LogP contribution in [-0.4, -0.2) is 5.97 Å². The Hall–Kier alpha value is -3.37. The van der Waals surface area contributed by atoms with Crippen molar-refractivity contribution in [3.8, 4) is 0 Å². The Bertz CT molecular complexity index is 1190. The summed E-state index contributed by atoms with van der Waals surface area (Å²) in [4.78, 5) is 16.8. The fraction of sp³-hybridized carbons (Fsp3) is 0.167. The zero-order valence-corrected chi connectivity index (χ0v) is 19.6. The minimum atomic E-state index is -0.679. The molecule has 0 unspecified atom stereocenters. The molecule has 1 fully saturated rings. The zero-order valence-electron chi connectivity index (χ0n) is 18.8. The van der Waals surface area contributed by atoms with Gasteiger partial charge in [-0.25, -0.2) is 9.18 Å². The number of rotatable bonds is 6. The van der Waals surface area contributed by atoms with Crippen molar-refractivity contribution in [3.63, 3.8) is 0 Å². The summed E-state index contributed by atoms with van der Waals surface area (Å²) >= 11 is 0. The fourth-order valence-corrected chi connectivity index (χ4v) is 6.72. The van der Waals surface area contributed by atoms with Gasteiger partial charge in [-0.2, -0.15) is 0 Å². The first-order valence-corrected chi connectivity index (χ1v) is 12.8. The van der Waals surface area contributed by atoms with Crippen LogP contribution in [0.5, 0.6) is 0 Å². The second-order valence-corrected chi connectivity index (χ2v) is 10.6. The summed E-state index contributed by atoms with van der Waals surface area (Å²) in [5, 5.41) is 0. The molecule has 4 heteroatoms. The van der Waals surface area contributed by atoms with Crippen molar-refractivity contribution in [1.82, 2.24) is 0 Å². The topological polar surface area (TPSA) is 26.3 Å². The van der Waals surface area contributed by atoms with Crippen LogP contribution in [0.4, 0.5) is 4.39 Å². The molecule has 0 bridgehead atoms. The molecule has 0 heterocycles. The highest BCUT2D eigenvalue weighted by atomic mass is 32.2. The number of benzene rings is 4. The van der Waals surface area contributed by atoms with E-state index in [4.69, 9.17) is 4.74 Å². The van der Waals surface area contributed by atoms with Crippen LogP contribution in [0.15, 0.2) is 124 Å². The predicted octanol–water partition coefficient (Wildman–Crippen LogP) is 7.55. The minimum Gasteiger partial charge on any atom is -0.451 e. The average molecular weight is 470 g/mol. The maximum atomic E-state index is 13.5. The van der Waals surface area contributed by atoms with Gasteiger partial charge in [-0.15, -0.1) is 0 Å². The summed E-state index contributed by atoms with van der Waals surface area (Å²) in [6.07, 6.45) is 3.49. The molecular formula is C30H26FO2S+. The van der Waals surface area contributed by atoms with Gasteiger partial charge in [0.15, 0.2) is 14.7 Å². The van der Waals surface area contributed by atoms with Crippen molar-refractivity contribution >= 4 is 16.9 Å². The quantitative estimate of drug-likeness (QED) is 0.215. The van der Waals surface area contributed by atoms with E-state index >= 15 is 0 Å². The van der Waals surface area contributed by atoms with Crippen molar-refractivity contribution < 1.29 is 13.9 Å². The lowest BCUT2D eigenvalue weighted by Gasteiger charge is -2.29. The van der Waals surface area contributed by atoms with E-state index in [0.717, 1.165) is 36.1 Å². The van der Waals surface area contributed by atoms with Crippen LogP contribution in [0, 0.1) is 5.82 Å². The zero-order chi connectivity index (χ0) is 23.4. The molecule has 0 saturated heterocycles. The van der Waals surface area contributed by atoms with Crippen LogP contribution in [0.3, 0.4) is 0 Å². The second-order valence-electron chi connectivity index (χ2n) is 8.55. The molecule has 34 heavy (non-hydrogen) atoms. The summed E-state index contributed by atoms with van der Waals surface area (Å²) in [5.41, 5.74) is 0.717. The number of hydrogen-bond acceptors (Lipinski definition) is 2. The Kier molecular flexibility index (Phi) is 6.50. The van der Waals surface area contributed by atoms with Crippen molar-refractivity contribution in [2.24, 2.45) is 0 Å². The summed E-state index contributed by atoms with van der Waals surface area (Å²) < 4.78 is 19.6. The number of carbonyl (C=O) groups excluding carboxylic acids is 1. The lowest BCUT2D eigenvalue weighted by Crippen LogP contribution is -2.29. The van der Waals surface area contributed by atoms with E-state index < -0.39 is 5.60 Å². The van der Waals surface area contributed by atoms with Gasteiger partial charge >= 0.3 is 5.97 Å². The van der Waals surface area contributed by atoms with E-state index in [0.29, 0.717) is 5.56 Å². The lowest BCUT2D eigenvalue weighted by molar-refractivity contribution is -0.0184. The Labute approximate surface area is 202 Å². The van der Waals surface area contributed by atoms with Gasteiger partial charge in [-0.05, 0) is 91.9 Å². The molecule has 0 radical (unpaired) electrons. The normalized spacial score (nSPS) is 14.8. The first-order chi connectivity index (χ1) is 16.6. The van der Waals surface area contributed by atoms with Gasteiger partial charge in [0, 0.05) is 0 Å². The number of hydrogen-bond donors (Lipinski definition) is 0. The largest absolute Gasteiger partial charge is 0.451 e. The molecule has 170 valence electrons. The van der Waals surface area contributed by atoms with Crippen LogP contribution >= 0.6 is 0 Å². The molecule has 0 spiro atoms. The number of ether oxygens (including phenoxy) is 1. The number of halogens is 1.